The van der Waals surface area contributed by atoms with Crippen molar-refractivity contribution in [3.8, 4) is 0 Å². The third-order valence-electron chi connectivity index (χ3n) is 4.68. The summed E-state index contributed by atoms with van der Waals surface area (Å²) in [5.74, 6) is 0.660. The number of piperidine rings is 1. The van der Waals surface area contributed by atoms with Crippen LogP contribution in [0, 0.1) is 5.92 Å². The molecule has 2 unspecified atom stereocenters. The van der Waals surface area contributed by atoms with E-state index in [1.807, 2.05) is 7.11 Å². The minimum atomic E-state index is 0.355. The zero-order chi connectivity index (χ0) is 13.9. The van der Waals surface area contributed by atoms with Gasteiger partial charge in [0.25, 0.3) is 0 Å². The van der Waals surface area contributed by atoms with Gasteiger partial charge in [0, 0.05) is 38.5 Å². The Balaban J connectivity index is 1.71. The van der Waals surface area contributed by atoms with Crippen molar-refractivity contribution in [2.75, 3.05) is 25.1 Å². The number of nitrogens with zero attached hydrogens (tertiary/aromatic N) is 1. The molecule has 110 valence electrons. The van der Waals surface area contributed by atoms with E-state index in [1.54, 1.807) is 0 Å². The van der Waals surface area contributed by atoms with E-state index in [1.165, 1.54) is 30.5 Å². The van der Waals surface area contributed by atoms with Crippen molar-refractivity contribution in [3.05, 3.63) is 29.8 Å². The monoisotopic (exact) mass is 274 g/mol. The number of rotatable bonds is 5. The van der Waals surface area contributed by atoms with Crippen LogP contribution < -0.4 is 10.2 Å². The van der Waals surface area contributed by atoms with Gasteiger partial charge in [0.2, 0.25) is 0 Å². The summed E-state index contributed by atoms with van der Waals surface area (Å²) in [5.41, 5.74) is 2.80. The summed E-state index contributed by atoms with van der Waals surface area (Å²) in [4.78, 5) is 2.50. The molecule has 2 aliphatic rings. The van der Waals surface area contributed by atoms with Crippen LogP contribution in [0.25, 0.3) is 0 Å². The molecular weight excluding hydrogens is 248 g/mol. The summed E-state index contributed by atoms with van der Waals surface area (Å²) in [5, 5.41) is 3.63. The molecule has 1 aliphatic heterocycles. The van der Waals surface area contributed by atoms with Gasteiger partial charge in [0.15, 0.2) is 0 Å². The van der Waals surface area contributed by atoms with E-state index in [9.17, 15) is 0 Å². The standard InChI is InChI=1S/C17H26N2O/c1-13-9-10-19(12-17(13)20-2)16-6-4-3-5-14(16)11-18-15-7-8-15/h3-6,13,15,17-18H,7-12H2,1-2H3. The first-order valence-electron chi connectivity index (χ1n) is 7.87. The first kappa shape index (κ1) is 13.9. The predicted molar refractivity (Wildman–Crippen MR) is 83.1 cm³/mol. The molecule has 0 bridgehead atoms. The maximum Gasteiger partial charge on any atom is 0.0772 e. The molecule has 0 amide bonds. The highest BCUT2D eigenvalue weighted by Crippen LogP contribution is 2.28. The molecule has 0 aromatic heterocycles. The highest BCUT2D eigenvalue weighted by atomic mass is 16.5. The third-order valence-corrected chi connectivity index (χ3v) is 4.68. The molecular formula is C17H26N2O. The van der Waals surface area contributed by atoms with Gasteiger partial charge in [-0.1, -0.05) is 25.1 Å². The lowest BCUT2D eigenvalue weighted by molar-refractivity contribution is 0.0498. The molecule has 3 rings (SSSR count). The smallest absolute Gasteiger partial charge is 0.0772 e. The minimum Gasteiger partial charge on any atom is -0.379 e. The zero-order valence-electron chi connectivity index (χ0n) is 12.6. The van der Waals surface area contributed by atoms with Crippen molar-refractivity contribution in [2.24, 2.45) is 5.92 Å². The van der Waals surface area contributed by atoms with E-state index < -0.39 is 0 Å². The highest BCUT2D eigenvalue weighted by Gasteiger charge is 2.27. The average Bonchev–Trinajstić information content (AvgIpc) is 3.30. The molecule has 1 heterocycles. The molecule has 1 aromatic carbocycles. The third kappa shape index (κ3) is 3.15. The molecule has 3 heteroatoms. The summed E-state index contributed by atoms with van der Waals surface area (Å²) in [7, 11) is 1.84. The fourth-order valence-corrected chi connectivity index (χ4v) is 3.07. The second-order valence-corrected chi connectivity index (χ2v) is 6.27. The number of ether oxygens (including phenoxy) is 1. The Hall–Kier alpha value is -1.06. The van der Waals surface area contributed by atoms with Crippen LogP contribution in [0.1, 0.15) is 31.7 Å². The fraction of sp³-hybridized carbons (Fsp3) is 0.647. The number of hydrogen-bond acceptors (Lipinski definition) is 3. The Labute approximate surface area is 122 Å². The molecule has 3 nitrogen and oxygen atoms in total. The average molecular weight is 274 g/mol. The fourth-order valence-electron chi connectivity index (χ4n) is 3.07. The van der Waals surface area contributed by atoms with Crippen LogP contribution in [-0.4, -0.2) is 32.3 Å². The Morgan fingerprint density at radius 2 is 2.05 bits per heavy atom. The number of methoxy groups -OCH3 is 1. The maximum absolute atomic E-state index is 5.65. The highest BCUT2D eigenvalue weighted by molar-refractivity contribution is 5.54. The van der Waals surface area contributed by atoms with Crippen molar-refractivity contribution >= 4 is 5.69 Å². The normalized spacial score (nSPS) is 26.8. The number of benzene rings is 1. The molecule has 1 N–H and O–H groups in total. The summed E-state index contributed by atoms with van der Waals surface area (Å²) in [6.45, 7) is 5.44. The molecule has 1 saturated heterocycles. The van der Waals surface area contributed by atoms with E-state index in [0.29, 0.717) is 12.0 Å². The van der Waals surface area contributed by atoms with E-state index in [4.69, 9.17) is 4.74 Å². The molecule has 1 saturated carbocycles. The van der Waals surface area contributed by atoms with Gasteiger partial charge >= 0.3 is 0 Å². The Kier molecular flexibility index (Phi) is 4.27. The van der Waals surface area contributed by atoms with Crippen LogP contribution >= 0.6 is 0 Å². The number of hydrogen-bond donors (Lipinski definition) is 1. The number of para-hydroxylation sites is 1. The van der Waals surface area contributed by atoms with Gasteiger partial charge in [-0.3, -0.25) is 0 Å². The van der Waals surface area contributed by atoms with Gasteiger partial charge in [-0.05, 0) is 36.8 Å². The van der Waals surface area contributed by atoms with E-state index in [2.05, 4.69) is 41.4 Å². The topological polar surface area (TPSA) is 24.5 Å². The summed E-state index contributed by atoms with van der Waals surface area (Å²) < 4.78 is 5.65. The van der Waals surface area contributed by atoms with Crippen molar-refractivity contribution in [1.82, 2.24) is 5.32 Å². The lowest BCUT2D eigenvalue weighted by Gasteiger charge is -2.38. The minimum absolute atomic E-state index is 0.355. The van der Waals surface area contributed by atoms with Gasteiger partial charge in [-0.25, -0.2) is 0 Å². The van der Waals surface area contributed by atoms with Gasteiger partial charge < -0.3 is 15.0 Å². The molecule has 1 aliphatic carbocycles. The molecule has 0 radical (unpaired) electrons. The van der Waals surface area contributed by atoms with E-state index in [-0.39, 0.29) is 0 Å². The molecule has 2 fully saturated rings. The summed E-state index contributed by atoms with van der Waals surface area (Å²) in [6, 6.07) is 9.57. The van der Waals surface area contributed by atoms with Crippen LogP contribution in [0.3, 0.4) is 0 Å². The first-order chi connectivity index (χ1) is 9.78. The van der Waals surface area contributed by atoms with Crippen LogP contribution in [-0.2, 0) is 11.3 Å². The predicted octanol–water partition coefficient (Wildman–Crippen LogP) is 2.80. The van der Waals surface area contributed by atoms with Crippen LogP contribution in [0.4, 0.5) is 5.69 Å². The quantitative estimate of drug-likeness (QED) is 0.893. The second kappa shape index (κ2) is 6.15. The lowest BCUT2D eigenvalue weighted by Crippen LogP contribution is -2.44. The van der Waals surface area contributed by atoms with Crippen LogP contribution in [0.5, 0.6) is 0 Å². The Morgan fingerprint density at radius 1 is 1.25 bits per heavy atom. The number of nitrogens with one attached hydrogen (secondary N) is 1. The second-order valence-electron chi connectivity index (χ2n) is 6.27. The Bertz CT molecular complexity index is 444. The lowest BCUT2D eigenvalue weighted by atomic mass is 9.95. The zero-order valence-corrected chi connectivity index (χ0v) is 12.6. The van der Waals surface area contributed by atoms with Crippen molar-refractivity contribution in [1.29, 1.82) is 0 Å². The van der Waals surface area contributed by atoms with Gasteiger partial charge in [-0.15, -0.1) is 0 Å². The van der Waals surface area contributed by atoms with Crippen LogP contribution in [0.2, 0.25) is 0 Å². The van der Waals surface area contributed by atoms with E-state index in [0.717, 1.165) is 25.7 Å². The van der Waals surface area contributed by atoms with Gasteiger partial charge in [-0.2, -0.15) is 0 Å². The number of anilines is 1. The molecule has 1 aromatic rings. The van der Waals surface area contributed by atoms with Gasteiger partial charge in [0.1, 0.15) is 0 Å². The summed E-state index contributed by atoms with van der Waals surface area (Å²) >= 11 is 0. The van der Waals surface area contributed by atoms with Crippen LogP contribution in [0.15, 0.2) is 24.3 Å². The molecule has 20 heavy (non-hydrogen) atoms. The van der Waals surface area contributed by atoms with E-state index >= 15 is 0 Å². The van der Waals surface area contributed by atoms with Crippen molar-refractivity contribution < 1.29 is 4.74 Å². The largest absolute Gasteiger partial charge is 0.379 e. The summed E-state index contributed by atoms with van der Waals surface area (Å²) in [6.07, 6.45) is 4.25. The van der Waals surface area contributed by atoms with Crippen molar-refractivity contribution in [2.45, 2.75) is 44.9 Å². The molecule has 0 spiro atoms. The van der Waals surface area contributed by atoms with Gasteiger partial charge in [0.05, 0.1) is 6.10 Å². The molecule has 2 atom stereocenters. The SMILES string of the molecule is COC1CN(c2ccccc2CNC2CC2)CCC1C. The first-order valence-corrected chi connectivity index (χ1v) is 7.87. The maximum atomic E-state index is 5.65. The Morgan fingerprint density at radius 3 is 2.80 bits per heavy atom. The van der Waals surface area contributed by atoms with Crippen molar-refractivity contribution in [3.63, 3.8) is 0 Å².